The monoisotopic (exact) mass is 384 g/mol. The molecule has 0 unspecified atom stereocenters. The first kappa shape index (κ1) is 18.7. The molecule has 3 N–H and O–H groups in total. The van der Waals surface area contributed by atoms with E-state index < -0.39 is 6.04 Å². The van der Waals surface area contributed by atoms with Gasteiger partial charge in [-0.05, 0) is 49.7 Å². The fourth-order valence-electron chi connectivity index (χ4n) is 2.33. The Labute approximate surface area is 160 Å². The summed E-state index contributed by atoms with van der Waals surface area (Å²) in [6, 6.07) is 12.1. The second-order valence-electron chi connectivity index (χ2n) is 5.75. The number of phenolic OH excluding ortho intramolecular Hbond substituents is 1. The number of thiazole rings is 1. The first-order valence-corrected chi connectivity index (χ1v) is 9.29. The minimum absolute atomic E-state index is 0.0618. The maximum Gasteiger partial charge on any atom is 0.262 e. The van der Waals surface area contributed by atoms with Crippen LogP contribution in [0.1, 0.15) is 19.4 Å². The molecular weight excluding hydrogens is 364 g/mol. The number of fused-ring (bicyclic) bond motifs is 1. The number of ether oxygens (including phenoxy) is 1. The normalized spacial score (nSPS) is 12.2. The van der Waals surface area contributed by atoms with Crippen molar-refractivity contribution in [1.82, 2.24) is 10.4 Å². The van der Waals surface area contributed by atoms with Crippen LogP contribution < -0.4 is 15.5 Å². The molecule has 1 amide bonds. The van der Waals surface area contributed by atoms with Crippen LogP contribution in [0.5, 0.6) is 11.5 Å². The fourth-order valence-corrected chi connectivity index (χ4v) is 3.29. The van der Waals surface area contributed by atoms with E-state index in [9.17, 15) is 9.90 Å². The van der Waals surface area contributed by atoms with Crippen LogP contribution in [0.15, 0.2) is 47.6 Å². The first-order chi connectivity index (χ1) is 13.1. The highest BCUT2D eigenvalue weighted by molar-refractivity contribution is 7.22. The van der Waals surface area contributed by atoms with E-state index >= 15 is 0 Å². The molecule has 0 aliphatic heterocycles. The van der Waals surface area contributed by atoms with Gasteiger partial charge in [-0.3, -0.25) is 4.79 Å². The van der Waals surface area contributed by atoms with Crippen LogP contribution in [0.4, 0.5) is 5.13 Å². The largest absolute Gasteiger partial charge is 0.504 e. The van der Waals surface area contributed by atoms with Gasteiger partial charge in [-0.2, -0.15) is 5.10 Å². The van der Waals surface area contributed by atoms with Crippen LogP contribution in [0.2, 0.25) is 0 Å². The summed E-state index contributed by atoms with van der Waals surface area (Å²) in [5.74, 6) is 0.152. The van der Waals surface area contributed by atoms with Crippen LogP contribution in [0, 0.1) is 0 Å². The molecule has 0 saturated heterocycles. The van der Waals surface area contributed by atoms with Crippen molar-refractivity contribution in [1.29, 1.82) is 0 Å². The Bertz CT molecular complexity index is 937. The summed E-state index contributed by atoms with van der Waals surface area (Å²) in [6.07, 6.45) is 1.49. The number of hydrogen-bond donors (Lipinski definition) is 3. The Morgan fingerprint density at radius 3 is 2.96 bits per heavy atom. The van der Waals surface area contributed by atoms with Crippen molar-refractivity contribution < 1.29 is 14.6 Å². The van der Waals surface area contributed by atoms with Gasteiger partial charge >= 0.3 is 0 Å². The molecule has 7 nitrogen and oxygen atoms in total. The molecule has 0 radical (unpaired) electrons. The number of phenols is 1. The zero-order chi connectivity index (χ0) is 19.2. The molecule has 0 bridgehead atoms. The van der Waals surface area contributed by atoms with Crippen molar-refractivity contribution >= 4 is 38.8 Å². The standard InChI is InChI=1S/C19H20N4O3S/c1-3-26-16-10-13(8-9-15(16)24)11-20-23-18(25)12(2)21-19-22-14-6-4-5-7-17(14)27-19/h4-12,24H,3H2,1-2H3,(H,21,22)(H,23,25)/b20-11+/t12-/m1/s1. The van der Waals surface area contributed by atoms with Crippen molar-refractivity contribution in [2.45, 2.75) is 19.9 Å². The van der Waals surface area contributed by atoms with E-state index in [0.717, 1.165) is 10.2 Å². The minimum atomic E-state index is -0.499. The van der Waals surface area contributed by atoms with Gasteiger partial charge in [0.2, 0.25) is 0 Å². The maximum atomic E-state index is 12.2. The Morgan fingerprint density at radius 2 is 2.19 bits per heavy atom. The van der Waals surface area contributed by atoms with Gasteiger partial charge in [-0.25, -0.2) is 10.4 Å². The van der Waals surface area contributed by atoms with E-state index in [0.29, 0.717) is 23.1 Å². The van der Waals surface area contributed by atoms with E-state index in [2.05, 4.69) is 20.8 Å². The highest BCUT2D eigenvalue weighted by atomic mass is 32.1. The van der Waals surface area contributed by atoms with Crippen molar-refractivity contribution in [3.63, 3.8) is 0 Å². The van der Waals surface area contributed by atoms with Gasteiger partial charge in [0.25, 0.3) is 5.91 Å². The molecule has 0 aliphatic carbocycles. The number of benzene rings is 2. The Hall–Kier alpha value is -3.13. The van der Waals surface area contributed by atoms with E-state index in [1.54, 1.807) is 19.1 Å². The lowest BCUT2D eigenvalue weighted by Crippen LogP contribution is -2.34. The zero-order valence-corrected chi connectivity index (χ0v) is 15.8. The van der Waals surface area contributed by atoms with E-state index in [-0.39, 0.29) is 11.7 Å². The number of amides is 1. The summed E-state index contributed by atoms with van der Waals surface area (Å²) in [6.45, 7) is 4.02. The number of anilines is 1. The second-order valence-corrected chi connectivity index (χ2v) is 6.78. The van der Waals surface area contributed by atoms with Crippen molar-refractivity contribution in [3.8, 4) is 11.5 Å². The molecule has 3 aromatic rings. The van der Waals surface area contributed by atoms with Gasteiger partial charge in [0.15, 0.2) is 16.6 Å². The Kier molecular flexibility index (Phi) is 5.87. The van der Waals surface area contributed by atoms with E-state index in [1.165, 1.54) is 23.6 Å². The molecule has 0 fully saturated rings. The van der Waals surface area contributed by atoms with E-state index in [1.807, 2.05) is 31.2 Å². The lowest BCUT2D eigenvalue weighted by Gasteiger charge is -2.10. The lowest BCUT2D eigenvalue weighted by molar-refractivity contribution is -0.121. The number of hydrazone groups is 1. The Morgan fingerprint density at radius 1 is 1.37 bits per heavy atom. The van der Waals surface area contributed by atoms with Crippen LogP contribution in [0.25, 0.3) is 10.2 Å². The summed E-state index contributed by atoms with van der Waals surface area (Å²) in [4.78, 5) is 16.7. The van der Waals surface area contributed by atoms with Crippen molar-refractivity contribution in [3.05, 3.63) is 48.0 Å². The molecule has 2 aromatic carbocycles. The van der Waals surface area contributed by atoms with Crippen LogP contribution in [-0.2, 0) is 4.79 Å². The number of aromatic nitrogens is 1. The maximum absolute atomic E-state index is 12.2. The number of aromatic hydroxyl groups is 1. The second kappa shape index (κ2) is 8.50. The van der Waals surface area contributed by atoms with Gasteiger partial charge in [0, 0.05) is 0 Å². The third-order valence-corrected chi connectivity index (χ3v) is 4.67. The van der Waals surface area contributed by atoms with Gasteiger partial charge in [0.1, 0.15) is 6.04 Å². The number of carbonyl (C=O) groups excluding carboxylic acids is 1. The molecular formula is C19H20N4O3S. The topological polar surface area (TPSA) is 95.8 Å². The Balaban J connectivity index is 1.58. The smallest absolute Gasteiger partial charge is 0.262 e. The van der Waals surface area contributed by atoms with Crippen LogP contribution in [0.3, 0.4) is 0 Å². The van der Waals surface area contributed by atoms with Gasteiger partial charge in [-0.1, -0.05) is 23.5 Å². The molecule has 27 heavy (non-hydrogen) atoms. The summed E-state index contributed by atoms with van der Waals surface area (Å²) in [7, 11) is 0. The van der Waals surface area contributed by atoms with Gasteiger partial charge in [-0.15, -0.1) is 0 Å². The average molecular weight is 384 g/mol. The van der Waals surface area contributed by atoms with Crippen molar-refractivity contribution in [2.24, 2.45) is 5.10 Å². The third kappa shape index (κ3) is 4.73. The average Bonchev–Trinajstić information content (AvgIpc) is 3.06. The van der Waals surface area contributed by atoms with E-state index in [4.69, 9.17) is 4.74 Å². The number of nitrogens with one attached hydrogen (secondary N) is 2. The number of carbonyl (C=O) groups is 1. The molecule has 1 atom stereocenters. The predicted molar refractivity (Wildman–Crippen MR) is 108 cm³/mol. The van der Waals surface area contributed by atoms with Crippen LogP contribution in [-0.4, -0.2) is 34.9 Å². The highest BCUT2D eigenvalue weighted by Crippen LogP contribution is 2.26. The van der Waals surface area contributed by atoms with Crippen molar-refractivity contribution in [2.75, 3.05) is 11.9 Å². The molecule has 3 rings (SSSR count). The number of para-hydroxylation sites is 1. The predicted octanol–water partition coefficient (Wildman–Crippen LogP) is 3.35. The molecule has 0 spiro atoms. The lowest BCUT2D eigenvalue weighted by atomic mass is 10.2. The quantitative estimate of drug-likeness (QED) is 0.429. The molecule has 1 aromatic heterocycles. The summed E-state index contributed by atoms with van der Waals surface area (Å²) < 4.78 is 6.38. The molecule has 8 heteroatoms. The van der Waals surface area contributed by atoms with Gasteiger partial charge < -0.3 is 15.2 Å². The number of hydrogen-bond acceptors (Lipinski definition) is 7. The summed E-state index contributed by atoms with van der Waals surface area (Å²) >= 11 is 1.49. The molecule has 0 aliphatic rings. The third-order valence-electron chi connectivity index (χ3n) is 3.70. The SMILES string of the molecule is CCOc1cc(/C=N/NC(=O)[C@@H](C)Nc2nc3ccccc3s2)ccc1O. The number of rotatable bonds is 7. The van der Waals surface area contributed by atoms with Gasteiger partial charge in [0.05, 0.1) is 23.0 Å². The summed E-state index contributed by atoms with van der Waals surface area (Å²) in [5, 5.41) is 17.4. The fraction of sp³-hybridized carbons (Fsp3) is 0.211. The molecule has 140 valence electrons. The summed E-state index contributed by atoms with van der Waals surface area (Å²) in [5.41, 5.74) is 4.09. The van der Waals surface area contributed by atoms with Crippen LogP contribution >= 0.6 is 11.3 Å². The highest BCUT2D eigenvalue weighted by Gasteiger charge is 2.14. The number of nitrogens with zero attached hydrogens (tertiary/aromatic N) is 2. The first-order valence-electron chi connectivity index (χ1n) is 8.47. The zero-order valence-electron chi connectivity index (χ0n) is 15.0. The molecule has 1 heterocycles. The minimum Gasteiger partial charge on any atom is -0.504 e. The molecule has 0 saturated carbocycles.